The van der Waals surface area contributed by atoms with E-state index < -0.39 is 0 Å². The van der Waals surface area contributed by atoms with Crippen molar-refractivity contribution in [3.05, 3.63) is 33.9 Å². The molecule has 0 heterocycles. The van der Waals surface area contributed by atoms with Gasteiger partial charge in [-0.2, -0.15) is 11.8 Å². The Kier molecular flexibility index (Phi) is 5.98. The second-order valence-electron chi connectivity index (χ2n) is 4.58. The second kappa shape index (κ2) is 7.26. The summed E-state index contributed by atoms with van der Waals surface area (Å²) < 4.78 is 0. The van der Waals surface area contributed by atoms with Crippen LogP contribution in [-0.4, -0.2) is 17.7 Å². The zero-order chi connectivity index (χ0) is 13.5. The van der Waals surface area contributed by atoms with Gasteiger partial charge in [0.25, 0.3) is 5.69 Å². The highest BCUT2D eigenvalue weighted by atomic mass is 32.2. The standard InChI is InChI=1S/C13H20N2O2S/c1-10(2)6-7-18-9-11-8-12(15(16)17)4-5-13(11)14-3/h4-5,8,10,14H,6-7,9H2,1-3H3. The number of nitrogens with zero attached hydrogens (tertiary/aromatic N) is 1. The molecule has 0 aliphatic heterocycles. The molecule has 0 saturated heterocycles. The third-order valence-electron chi connectivity index (χ3n) is 2.67. The van der Waals surface area contributed by atoms with Crippen LogP contribution >= 0.6 is 11.8 Å². The van der Waals surface area contributed by atoms with Crippen molar-refractivity contribution in [2.45, 2.75) is 26.0 Å². The first-order valence-corrected chi connectivity index (χ1v) is 7.23. The first-order valence-electron chi connectivity index (χ1n) is 6.07. The molecule has 0 aromatic heterocycles. The van der Waals surface area contributed by atoms with Gasteiger partial charge >= 0.3 is 0 Å². The van der Waals surface area contributed by atoms with Crippen molar-refractivity contribution in [3.63, 3.8) is 0 Å². The van der Waals surface area contributed by atoms with Gasteiger partial charge in [-0.1, -0.05) is 13.8 Å². The highest BCUT2D eigenvalue weighted by Crippen LogP contribution is 2.26. The summed E-state index contributed by atoms with van der Waals surface area (Å²) in [5, 5.41) is 13.8. The number of hydrogen-bond donors (Lipinski definition) is 1. The normalized spacial score (nSPS) is 10.7. The van der Waals surface area contributed by atoms with E-state index in [4.69, 9.17) is 0 Å². The zero-order valence-electron chi connectivity index (χ0n) is 11.1. The number of anilines is 1. The molecule has 1 N–H and O–H groups in total. The van der Waals surface area contributed by atoms with Gasteiger partial charge in [-0.15, -0.1) is 0 Å². The summed E-state index contributed by atoms with van der Waals surface area (Å²) in [5.74, 6) is 2.60. The van der Waals surface area contributed by atoms with Gasteiger partial charge in [0, 0.05) is 30.6 Å². The average molecular weight is 268 g/mol. The van der Waals surface area contributed by atoms with Crippen LogP contribution in [0.1, 0.15) is 25.8 Å². The number of hydrogen-bond acceptors (Lipinski definition) is 4. The molecular weight excluding hydrogens is 248 g/mol. The van der Waals surface area contributed by atoms with Crippen molar-refractivity contribution in [1.29, 1.82) is 0 Å². The summed E-state index contributed by atoms with van der Waals surface area (Å²) in [6.45, 7) is 4.40. The monoisotopic (exact) mass is 268 g/mol. The molecule has 1 aromatic carbocycles. The van der Waals surface area contributed by atoms with Crippen LogP contribution in [0.4, 0.5) is 11.4 Å². The quantitative estimate of drug-likeness (QED) is 0.462. The van der Waals surface area contributed by atoms with Crippen molar-refractivity contribution in [3.8, 4) is 0 Å². The summed E-state index contributed by atoms with van der Waals surface area (Å²) in [6.07, 6.45) is 1.18. The Hall–Kier alpha value is -1.23. The Bertz CT molecular complexity index is 408. The molecule has 100 valence electrons. The third kappa shape index (κ3) is 4.56. The molecule has 18 heavy (non-hydrogen) atoms. The maximum atomic E-state index is 10.8. The Balaban J connectivity index is 2.66. The molecule has 1 rings (SSSR count). The number of nitro groups is 1. The largest absolute Gasteiger partial charge is 0.388 e. The van der Waals surface area contributed by atoms with Crippen LogP contribution in [0.25, 0.3) is 0 Å². The summed E-state index contributed by atoms with van der Waals surface area (Å²) in [6, 6.07) is 4.97. The number of benzene rings is 1. The Labute approximate surface area is 112 Å². The molecule has 0 aliphatic rings. The van der Waals surface area contributed by atoms with E-state index in [1.54, 1.807) is 12.1 Å². The van der Waals surface area contributed by atoms with E-state index in [-0.39, 0.29) is 10.6 Å². The van der Waals surface area contributed by atoms with E-state index in [9.17, 15) is 10.1 Å². The lowest BCUT2D eigenvalue weighted by Gasteiger charge is -2.09. The molecule has 5 heteroatoms. The first kappa shape index (κ1) is 14.8. The third-order valence-corrected chi connectivity index (χ3v) is 3.71. The highest BCUT2D eigenvalue weighted by molar-refractivity contribution is 7.98. The molecule has 0 spiro atoms. The SMILES string of the molecule is CNc1ccc([N+](=O)[O-])cc1CSCCC(C)C. The van der Waals surface area contributed by atoms with Gasteiger partial charge < -0.3 is 5.32 Å². The maximum Gasteiger partial charge on any atom is 0.269 e. The van der Waals surface area contributed by atoms with Gasteiger partial charge in [0.1, 0.15) is 0 Å². The Morgan fingerprint density at radius 2 is 2.17 bits per heavy atom. The Morgan fingerprint density at radius 1 is 1.44 bits per heavy atom. The van der Waals surface area contributed by atoms with Crippen LogP contribution in [0.3, 0.4) is 0 Å². The fourth-order valence-electron chi connectivity index (χ4n) is 1.56. The second-order valence-corrected chi connectivity index (χ2v) is 5.69. The van der Waals surface area contributed by atoms with Crippen molar-refractivity contribution in [2.24, 2.45) is 5.92 Å². The zero-order valence-corrected chi connectivity index (χ0v) is 11.9. The van der Waals surface area contributed by atoms with Gasteiger partial charge in [-0.05, 0) is 29.7 Å². The summed E-state index contributed by atoms with van der Waals surface area (Å²) in [5.41, 5.74) is 2.13. The number of non-ortho nitro benzene ring substituents is 1. The lowest BCUT2D eigenvalue weighted by Crippen LogP contribution is -1.97. The molecule has 0 fully saturated rings. The summed E-state index contributed by atoms with van der Waals surface area (Å²) in [4.78, 5) is 10.4. The predicted molar refractivity (Wildman–Crippen MR) is 78.3 cm³/mol. The lowest BCUT2D eigenvalue weighted by atomic mass is 10.2. The van der Waals surface area contributed by atoms with Gasteiger partial charge in [-0.25, -0.2) is 0 Å². The predicted octanol–water partition coefficient (Wildman–Crippen LogP) is 3.92. The van der Waals surface area contributed by atoms with Gasteiger partial charge in [0.05, 0.1) is 4.92 Å². The summed E-state index contributed by atoms with van der Waals surface area (Å²) in [7, 11) is 1.84. The van der Waals surface area contributed by atoms with E-state index in [1.807, 2.05) is 18.8 Å². The minimum atomic E-state index is -0.346. The van der Waals surface area contributed by atoms with Crippen LogP contribution in [-0.2, 0) is 5.75 Å². The first-order chi connectivity index (χ1) is 8.54. The van der Waals surface area contributed by atoms with E-state index in [0.29, 0.717) is 5.92 Å². The van der Waals surface area contributed by atoms with Crippen LogP contribution in [0.5, 0.6) is 0 Å². The Morgan fingerprint density at radius 3 is 2.72 bits per heavy atom. The minimum absolute atomic E-state index is 0.161. The molecule has 0 saturated carbocycles. The highest BCUT2D eigenvalue weighted by Gasteiger charge is 2.10. The van der Waals surface area contributed by atoms with Crippen LogP contribution in [0.2, 0.25) is 0 Å². The number of rotatable bonds is 7. The molecule has 0 unspecified atom stereocenters. The number of nitrogens with one attached hydrogen (secondary N) is 1. The molecule has 0 aliphatic carbocycles. The number of thioether (sulfide) groups is 1. The molecule has 0 atom stereocenters. The van der Waals surface area contributed by atoms with Crippen molar-refractivity contribution in [1.82, 2.24) is 0 Å². The fraction of sp³-hybridized carbons (Fsp3) is 0.538. The fourth-order valence-corrected chi connectivity index (χ4v) is 2.80. The smallest absolute Gasteiger partial charge is 0.269 e. The molecule has 0 radical (unpaired) electrons. The summed E-state index contributed by atoms with van der Waals surface area (Å²) >= 11 is 1.82. The molecule has 1 aromatic rings. The van der Waals surface area contributed by atoms with Crippen LogP contribution < -0.4 is 5.32 Å². The molecule has 0 amide bonds. The van der Waals surface area contributed by atoms with E-state index >= 15 is 0 Å². The maximum absolute atomic E-state index is 10.8. The van der Waals surface area contributed by atoms with Crippen LogP contribution in [0, 0.1) is 16.0 Å². The van der Waals surface area contributed by atoms with Crippen molar-refractivity contribution < 1.29 is 4.92 Å². The van der Waals surface area contributed by atoms with E-state index in [1.165, 1.54) is 12.5 Å². The number of nitro benzene ring substituents is 1. The van der Waals surface area contributed by atoms with Gasteiger partial charge in [-0.3, -0.25) is 10.1 Å². The molecule has 4 nitrogen and oxygen atoms in total. The van der Waals surface area contributed by atoms with Crippen molar-refractivity contribution >= 4 is 23.1 Å². The molecule has 0 bridgehead atoms. The van der Waals surface area contributed by atoms with E-state index in [2.05, 4.69) is 19.2 Å². The minimum Gasteiger partial charge on any atom is -0.388 e. The lowest BCUT2D eigenvalue weighted by molar-refractivity contribution is -0.384. The topological polar surface area (TPSA) is 55.2 Å². The van der Waals surface area contributed by atoms with Gasteiger partial charge in [0.2, 0.25) is 0 Å². The van der Waals surface area contributed by atoms with Crippen molar-refractivity contribution in [2.75, 3.05) is 18.1 Å². The average Bonchev–Trinajstić information content (AvgIpc) is 2.34. The van der Waals surface area contributed by atoms with Gasteiger partial charge in [0.15, 0.2) is 0 Å². The molecular formula is C13H20N2O2S. The van der Waals surface area contributed by atoms with Crippen LogP contribution in [0.15, 0.2) is 18.2 Å². The van der Waals surface area contributed by atoms with E-state index in [0.717, 1.165) is 22.8 Å².